The van der Waals surface area contributed by atoms with Crippen LogP contribution in [0.3, 0.4) is 0 Å². The maximum absolute atomic E-state index is 13.1. The fourth-order valence-corrected chi connectivity index (χ4v) is 3.33. The van der Waals surface area contributed by atoms with Crippen LogP contribution in [0.4, 0.5) is 13.2 Å². The van der Waals surface area contributed by atoms with Crippen molar-refractivity contribution < 1.29 is 18.0 Å². The van der Waals surface area contributed by atoms with Gasteiger partial charge in [0.15, 0.2) is 5.69 Å². The summed E-state index contributed by atoms with van der Waals surface area (Å²) in [6.45, 7) is 2.68. The zero-order valence-electron chi connectivity index (χ0n) is 14.2. The highest BCUT2D eigenvalue weighted by Gasteiger charge is 2.40. The molecule has 142 valence electrons. The van der Waals surface area contributed by atoms with Crippen LogP contribution in [-0.4, -0.2) is 32.0 Å². The van der Waals surface area contributed by atoms with E-state index in [0.29, 0.717) is 43.1 Å². The van der Waals surface area contributed by atoms with Crippen molar-refractivity contribution in [2.24, 2.45) is 5.92 Å². The lowest BCUT2D eigenvalue weighted by Gasteiger charge is -2.13. The van der Waals surface area contributed by atoms with E-state index >= 15 is 0 Å². The van der Waals surface area contributed by atoms with Crippen molar-refractivity contribution in [3.63, 3.8) is 0 Å². The molecule has 10 heteroatoms. The zero-order valence-corrected chi connectivity index (χ0v) is 14.9. The molecule has 1 aliphatic carbocycles. The van der Waals surface area contributed by atoms with Crippen LogP contribution in [-0.2, 0) is 36.9 Å². The van der Waals surface area contributed by atoms with E-state index in [9.17, 15) is 18.0 Å². The van der Waals surface area contributed by atoms with E-state index in [4.69, 9.17) is 11.6 Å². The van der Waals surface area contributed by atoms with Gasteiger partial charge in [-0.05, 0) is 25.2 Å². The number of fused-ring (bicyclic) bond motifs is 1. The number of alkyl halides is 3. The molecule has 0 radical (unpaired) electrons. The second-order valence-corrected chi connectivity index (χ2v) is 7.01. The number of rotatable bonds is 6. The molecular weight excluding hydrogens is 371 g/mol. The van der Waals surface area contributed by atoms with E-state index in [1.54, 1.807) is 10.9 Å². The number of amides is 1. The third-order valence-corrected chi connectivity index (χ3v) is 4.51. The number of halogens is 4. The van der Waals surface area contributed by atoms with Gasteiger partial charge in [0.2, 0.25) is 5.91 Å². The van der Waals surface area contributed by atoms with Gasteiger partial charge in [-0.3, -0.25) is 14.2 Å². The van der Waals surface area contributed by atoms with Gasteiger partial charge in [0.1, 0.15) is 6.54 Å². The van der Waals surface area contributed by atoms with Gasteiger partial charge in [0.25, 0.3) is 0 Å². The van der Waals surface area contributed by atoms with Crippen molar-refractivity contribution in [3.8, 4) is 0 Å². The molecule has 0 bridgehead atoms. The highest BCUT2D eigenvalue weighted by atomic mass is 35.5. The molecule has 0 fully saturated rings. The topological polar surface area (TPSA) is 64.7 Å². The van der Waals surface area contributed by atoms with E-state index in [0.717, 1.165) is 0 Å². The molecule has 6 nitrogen and oxygen atoms in total. The SMILES string of the molecule is C[C@H](CNC(=O)Cn1nc(C(F)(F)F)c2c1CCC2)Cn1cc(Cl)cn1. The third-order valence-electron chi connectivity index (χ3n) is 4.32. The van der Waals surface area contributed by atoms with Crippen LogP contribution in [0.2, 0.25) is 5.02 Å². The lowest BCUT2D eigenvalue weighted by Crippen LogP contribution is -2.33. The number of carbonyl (C=O) groups excluding carboxylic acids is 1. The van der Waals surface area contributed by atoms with Gasteiger partial charge >= 0.3 is 6.18 Å². The van der Waals surface area contributed by atoms with Crippen LogP contribution in [0, 0.1) is 5.92 Å². The molecule has 1 N–H and O–H groups in total. The molecule has 2 heterocycles. The van der Waals surface area contributed by atoms with Crippen LogP contribution < -0.4 is 5.32 Å². The molecule has 0 aliphatic heterocycles. The molecule has 2 aromatic heterocycles. The van der Waals surface area contributed by atoms with Gasteiger partial charge in [-0.1, -0.05) is 18.5 Å². The van der Waals surface area contributed by atoms with Gasteiger partial charge in [-0.15, -0.1) is 0 Å². The quantitative estimate of drug-likeness (QED) is 0.826. The summed E-state index contributed by atoms with van der Waals surface area (Å²) >= 11 is 5.80. The Hall–Kier alpha value is -2.03. The van der Waals surface area contributed by atoms with E-state index in [-0.39, 0.29) is 23.9 Å². The van der Waals surface area contributed by atoms with E-state index < -0.39 is 11.9 Å². The fourth-order valence-electron chi connectivity index (χ4n) is 3.17. The highest BCUT2D eigenvalue weighted by molar-refractivity contribution is 6.30. The lowest BCUT2D eigenvalue weighted by atomic mass is 10.2. The van der Waals surface area contributed by atoms with Crippen LogP contribution >= 0.6 is 11.6 Å². The molecule has 2 aromatic rings. The zero-order chi connectivity index (χ0) is 18.9. The third kappa shape index (κ3) is 4.20. The average molecular weight is 390 g/mol. The van der Waals surface area contributed by atoms with E-state index in [1.807, 2.05) is 6.92 Å². The Morgan fingerprint density at radius 2 is 2.19 bits per heavy atom. The van der Waals surface area contributed by atoms with Crippen molar-refractivity contribution in [1.29, 1.82) is 0 Å². The maximum Gasteiger partial charge on any atom is 0.435 e. The Labute approximate surface area is 153 Å². The summed E-state index contributed by atoms with van der Waals surface area (Å²) in [5.41, 5.74) is -0.109. The minimum absolute atomic E-state index is 0.0870. The van der Waals surface area contributed by atoms with Crippen molar-refractivity contribution in [1.82, 2.24) is 24.9 Å². The van der Waals surface area contributed by atoms with Gasteiger partial charge < -0.3 is 5.32 Å². The number of nitrogens with zero attached hydrogens (tertiary/aromatic N) is 4. The summed E-state index contributed by atoms with van der Waals surface area (Å²) < 4.78 is 42.1. The first kappa shape index (κ1) is 18.8. The number of carbonyl (C=O) groups is 1. The Kier molecular flexibility index (Phi) is 5.27. The molecule has 1 aliphatic rings. The summed E-state index contributed by atoms with van der Waals surface area (Å²) in [6.07, 6.45) is 0.253. The molecule has 0 saturated heterocycles. The maximum atomic E-state index is 13.1. The predicted molar refractivity (Wildman–Crippen MR) is 88.7 cm³/mol. The molecule has 0 aromatic carbocycles. The van der Waals surface area contributed by atoms with Gasteiger partial charge in [0, 0.05) is 30.5 Å². The van der Waals surface area contributed by atoms with E-state index in [1.165, 1.54) is 10.9 Å². The van der Waals surface area contributed by atoms with Crippen molar-refractivity contribution in [2.45, 2.75) is 45.5 Å². The molecule has 1 atom stereocenters. The number of aromatic nitrogens is 4. The first-order valence-electron chi connectivity index (χ1n) is 8.34. The first-order chi connectivity index (χ1) is 12.2. The summed E-state index contributed by atoms with van der Waals surface area (Å²) in [5, 5.41) is 11.0. The smallest absolute Gasteiger partial charge is 0.354 e. The monoisotopic (exact) mass is 389 g/mol. The van der Waals surface area contributed by atoms with Crippen LogP contribution in [0.1, 0.15) is 30.3 Å². The van der Waals surface area contributed by atoms with Gasteiger partial charge in [-0.2, -0.15) is 23.4 Å². The summed E-state index contributed by atoms with van der Waals surface area (Å²) in [5.74, 6) is -0.273. The van der Waals surface area contributed by atoms with Crippen molar-refractivity contribution in [3.05, 3.63) is 34.4 Å². The average Bonchev–Trinajstić information content (AvgIpc) is 3.23. The standard InChI is InChI=1S/C16H19ClF3N5O/c1-10(7-24-8-11(17)6-22-24)5-21-14(26)9-25-13-4-2-3-12(13)15(23-25)16(18,19)20/h6,8,10H,2-5,7,9H2,1H3,(H,21,26)/t10-/m1/s1. The molecule has 3 rings (SSSR count). The van der Waals surface area contributed by atoms with Gasteiger partial charge in [-0.25, -0.2) is 0 Å². The molecule has 0 spiro atoms. The van der Waals surface area contributed by atoms with Crippen LogP contribution in [0.5, 0.6) is 0 Å². The number of hydrogen-bond acceptors (Lipinski definition) is 3. The lowest BCUT2D eigenvalue weighted by molar-refractivity contribution is -0.142. The van der Waals surface area contributed by atoms with Crippen LogP contribution in [0.15, 0.2) is 12.4 Å². The minimum Gasteiger partial charge on any atom is -0.354 e. The highest BCUT2D eigenvalue weighted by Crippen LogP contribution is 2.36. The Balaban J connectivity index is 1.57. The fraction of sp³-hybridized carbons (Fsp3) is 0.562. The second-order valence-electron chi connectivity index (χ2n) is 6.57. The van der Waals surface area contributed by atoms with Crippen molar-refractivity contribution in [2.75, 3.05) is 6.54 Å². The largest absolute Gasteiger partial charge is 0.435 e. The van der Waals surface area contributed by atoms with Gasteiger partial charge in [0.05, 0.1) is 11.2 Å². The normalized spacial score (nSPS) is 15.1. The Bertz CT molecular complexity index is 798. The Morgan fingerprint density at radius 3 is 2.85 bits per heavy atom. The van der Waals surface area contributed by atoms with E-state index in [2.05, 4.69) is 15.5 Å². The predicted octanol–water partition coefficient (Wildman–Crippen LogP) is 2.69. The minimum atomic E-state index is -4.49. The molecular formula is C16H19ClF3N5O. The first-order valence-corrected chi connectivity index (χ1v) is 8.72. The summed E-state index contributed by atoms with van der Waals surface area (Å²) in [4.78, 5) is 12.1. The van der Waals surface area contributed by atoms with Crippen LogP contribution in [0.25, 0.3) is 0 Å². The molecule has 0 unspecified atom stereocenters. The second kappa shape index (κ2) is 7.30. The number of nitrogens with one attached hydrogen (secondary N) is 1. The molecule has 1 amide bonds. The van der Waals surface area contributed by atoms with Crippen molar-refractivity contribution >= 4 is 17.5 Å². The summed E-state index contributed by atoms with van der Waals surface area (Å²) in [7, 11) is 0. The Morgan fingerprint density at radius 1 is 1.42 bits per heavy atom. The number of hydrogen-bond donors (Lipinski definition) is 1. The molecule has 26 heavy (non-hydrogen) atoms. The molecule has 0 saturated carbocycles. The summed E-state index contributed by atoms with van der Waals surface area (Å²) in [6, 6.07) is 0.